The van der Waals surface area contributed by atoms with Crippen molar-refractivity contribution in [2.75, 3.05) is 20.8 Å². The monoisotopic (exact) mass is 363 g/mol. The predicted octanol–water partition coefficient (Wildman–Crippen LogP) is 3.10. The molecule has 0 aromatic heterocycles. The Kier molecular flexibility index (Phi) is 3.70. The van der Waals surface area contributed by atoms with E-state index in [1.807, 2.05) is 12.1 Å². The van der Waals surface area contributed by atoms with Gasteiger partial charge in [0.05, 0.1) is 14.2 Å². The number of ether oxygens (including phenoxy) is 2. The van der Waals surface area contributed by atoms with E-state index in [1.165, 1.54) is 0 Å². The number of nitrogens with zero attached hydrogens (tertiary/aromatic N) is 1. The number of hydrogen-bond acceptors (Lipinski definition) is 3. The summed E-state index contributed by atoms with van der Waals surface area (Å²) in [5, 5.41) is 0. The summed E-state index contributed by atoms with van der Waals surface area (Å²) in [6, 6.07) is 3.73. The van der Waals surface area contributed by atoms with Gasteiger partial charge in [0.25, 0.3) is 0 Å². The number of alkyl halides is 3. The Bertz CT molecular complexity index is 647. The second-order valence-corrected chi connectivity index (χ2v) is 7.49. The van der Waals surface area contributed by atoms with Crippen LogP contribution in [0, 0.1) is 0 Å². The summed E-state index contributed by atoms with van der Waals surface area (Å²) in [5.41, 5.74) is 0.880. The summed E-state index contributed by atoms with van der Waals surface area (Å²) in [5.74, 6) is 1.04. The van der Waals surface area contributed by atoms with Crippen molar-refractivity contribution in [2.24, 2.45) is 0 Å². The quantitative estimate of drug-likeness (QED) is 0.611. The van der Waals surface area contributed by atoms with Gasteiger partial charge in [-0.05, 0) is 36.6 Å². The molecule has 0 spiro atoms. The van der Waals surface area contributed by atoms with Gasteiger partial charge in [0, 0.05) is 6.54 Å². The molecule has 1 saturated heterocycles. The van der Waals surface area contributed by atoms with Crippen LogP contribution in [0.4, 0.5) is 0 Å². The molecule has 7 heteroatoms. The molecule has 0 aliphatic carbocycles. The molecule has 1 aromatic rings. The van der Waals surface area contributed by atoms with Gasteiger partial charge in [-0.25, -0.2) is 0 Å². The largest absolute Gasteiger partial charge is 0.493 e. The lowest BCUT2D eigenvalue weighted by Gasteiger charge is -2.64. The van der Waals surface area contributed by atoms with Gasteiger partial charge < -0.3 is 14.4 Å². The number of amides is 1. The number of carbonyl (C=O) groups is 1. The Labute approximate surface area is 144 Å². The number of hydrogen-bond donors (Lipinski definition) is 0. The Balaban J connectivity index is 2.27. The van der Waals surface area contributed by atoms with Crippen molar-refractivity contribution in [2.45, 2.75) is 28.6 Å². The minimum Gasteiger partial charge on any atom is -0.493 e. The van der Waals surface area contributed by atoms with Crippen molar-refractivity contribution in [3.63, 3.8) is 0 Å². The van der Waals surface area contributed by atoms with E-state index in [4.69, 9.17) is 44.3 Å². The zero-order chi connectivity index (χ0) is 16.3. The molecule has 2 aliphatic heterocycles. The molecule has 2 unspecified atom stereocenters. The standard InChI is InChI=1S/C15H16Cl3NO3/c1-14(18)13(20)19-5-4-8-6-10(21-2)11(22-3)7-9(8)15(14,19)12(16)17/h6-7,12H,4-5H2,1-3H3. The van der Waals surface area contributed by atoms with Crippen molar-refractivity contribution < 1.29 is 14.3 Å². The lowest BCUT2D eigenvalue weighted by molar-refractivity contribution is -0.166. The minimum atomic E-state index is -1.18. The number of fused-ring (bicyclic) bond motifs is 3. The summed E-state index contributed by atoms with van der Waals surface area (Å²) in [7, 11) is 3.14. The highest BCUT2D eigenvalue weighted by Gasteiger charge is 2.73. The first-order chi connectivity index (χ1) is 10.3. The third kappa shape index (κ3) is 1.69. The van der Waals surface area contributed by atoms with Gasteiger partial charge in [-0.2, -0.15) is 0 Å². The van der Waals surface area contributed by atoms with E-state index < -0.39 is 15.2 Å². The van der Waals surface area contributed by atoms with Crippen molar-refractivity contribution in [3.8, 4) is 11.5 Å². The Hall–Kier alpha value is -0.840. The highest BCUT2D eigenvalue weighted by molar-refractivity contribution is 6.48. The molecule has 2 heterocycles. The van der Waals surface area contributed by atoms with Crippen LogP contribution in [0.1, 0.15) is 18.1 Å². The molecule has 2 aliphatic rings. The topological polar surface area (TPSA) is 38.8 Å². The van der Waals surface area contributed by atoms with E-state index in [1.54, 1.807) is 26.0 Å². The van der Waals surface area contributed by atoms with E-state index >= 15 is 0 Å². The van der Waals surface area contributed by atoms with Crippen LogP contribution in [-0.2, 0) is 16.8 Å². The fourth-order valence-electron chi connectivity index (χ4n) is 3.61. The summed E-state index contributed by atoms with van der Waals surface area (Å²) >= 11 is 19.2. The Morgan fingerprint density at radius 3 is 2.36 bits per heavy atom. The molecule has 0 saturated carbocycles. The lowest BCUT2D eigenvalue weighted by Crippen LogP contribution is -2.80. The summed E-state index contributed by atoms with van der Waals surface area (Å²) in [6.07, 6.45) is 0.691. The highest BCUT2D eigenvalue weighted by Crippen LogP contribution is 2.60. The molecule has 0 radical (unpaired) electrons. The molecule has 1 amide bonds. The lowest BCUT2D eigenvalue weighted by atomic mass is 9.65. The normalized spacial score (nSPS) is 29.8. The molecule has 4 nitrogen and oxygen atoms in total. The fourth-order valence-corrected chi connectivity index (χ4v) is 5.04. The summed E-state index contributed by atoms with van der Waals surface area (Å²) in [6.45, 7) is 2.19. The summed E-state index contributed by atoms with van der Waals surface area (Å²) in [4.78, 5) is 12.0. The van der Waals surface area contributed by atoms with Gasteiger partial charge in [0.2, 0.25) is 5.91 Å². The molecule has 1 aromatic carbocycles. The number of halogens is 3. The Morgan fingerprint density at radius 2 is 1.82 bits per heavy atom. The van der Waals surface area contributed by atoms with Crippen LogP contribution >= 0.6 is 34.8 Å². The van der Waals surface area contributed by atoms with Gasteiger partial charge in [-0.1, -0.05) is 0 Å². The van der Waals surface area contributed by atoms with E-state index in [-0.39, 0.29) is 5.91 Å². The maximum Gasteiger partial charge on any atom is 0.247 e. The molecule has 120 valence electrons. The highest BCUT2D eigenvalue weighted by atomic mass is 35.5. The van der Waals surface area contributed by atoms with Crippen molar-refractivity contribution in [1.29, 1.82) is 0 Å². The molecule has 3 rings (SSSR count). The predicted molar refractivity (Wildman–Crippen MR) is 86.4 cm³/mol. The second-order valence-electron chi connectivity index (χ2n) is 5.64. The van der Waals surface area contributed by atoms with Crippen molar-refractivity contribution in [1.82, 2.24) is 4.90 Å². The van der Waals surface area contributed by atoms with Crippen molar-refractivity contribution in [3.05, 3.63) is 23.3 Å². The van der Waals surface area contributed by atoms with Crippen LogP contribution in [0.25, 0.3) is 0 Å². The van der Waals surface area contributed by atoms with Gasteiger partial charge in [0.1, 0.15) is 10.4 Å². The van der Waals surface area contributed by atoms with Gasteiger partial charge in [-0.3, -0.25) is 4.79 Å². The number of methoxy groups -OCH3 is 2. The maximum atomic E-state index is 12.3. The molecule has 0 N–H and O–H groups in total. The second kappa shape index (κ2) is 5.08. The van der Waals surface area contributed by atoms with Gasteiger partial charge >= 0.3 is 0 Å². The molecule has 0 bridgehead atoms. The third-order valence-electron chi connectivity index (χ3n) is 4.73. The van der Waals surface area contributed by atoms with Crippen LogP contribution in [0.5, 0.6) is 11.5 Å². The zero-order valence-electron chi connectivity index (χ0n) is 12.5. The van der Waals surface area contributed by atoms with E-state index in [9.17, 15) is 4.79 Å². The number of benzene rings is 1. The molecule has 2 atom stereocenters. The SMILES string of the molecule is COc1cc2c(cc1OC)C1(C(Cl)Cl)N(CC2)C(=O)C1(C)Cl. The van der Waals surface area contributed by atoms with Gasteiger partial charge in [-0.15, -0.1) is 34.8 Å². The fraction of sp³-hybridized carbons (Fsp3) is 0.533. The van der Waals surface area contributed by atoms with Gasteiger partial charge in [0.15, 0.2) is 16.4 Å². The van der Waals surface area contributed by atoms with Crippen molar-refractivity contribution >= 4 is 40.7 Å². The number of β-lactam (4-membered cyclic amide) rings is 1. The molecular formula is C15H16Cl3NO3. The van der Waals surface area contributed by atoms with Crippen LogP contribution in [0.2, 0.25) is 0 Å². The van der Waals surface area contributed by atoms with Crippen LogP contribution in [0.3, 0.4) is 0 Å². The van der Waals surface area contributed by atoms with Crippen LogP contribution in [-0.4, -0.2) is 41.3 Å². The average molecular weight is 365 g/mol. The Morgan fingerprint density at radius 1 is 1.23 bits per heavy atom. The maximum absolute atomic E-state index is 12.3. The number of carbonyl (C=O) groups excluding carboxylic acids is 1. The van der Waals surface area contributed by atoms with E-state index in [2.05, 4.69) is 0 Å². The number of rotatable bonds is 3. The average Bonchev–Trinajstić information content (AvgIpc) is 2.50. The first kappa shape index (κ1) is 16.0. The van der Waals surface area contributed by atoms with Crippen LogP contribution < -0.4 is 9.47 Å². The van der Waals surface area contributed by atoms with E-state index in [0.29, 0.717) is 24.5 Å². The molecular weight excluding hydrogens is 349 g/mol. The zero-order valence-corrected chi connectivity index (χ0v) is 14.7. The third-order valence-corrected chi connectivity index (χ3v) is 5.81. The smallest absolute Gasteiger partial charge is 0.247 e. The first-order valence-electron chi connectivity index (χ1n) is 6.86. The van der Waals surface area contributed by atoms with Crippen LogP contribution in [0.15, 0.2) is 12.1 Å². The molecule has 1 fully saturated rings. The molecule has 22 heavy (non-hydrogen) atoms. The minimum absolute atomic E-state index is 0.152. The first-order valence-corrected chi connectivity index (χ1v) is 8.12. The summed E-state index contributed by atoms with van der Waals surface area (Å²) < 4.78 is 10.7. The van der Waals surface area contributed by atoms with E-state index in [0.717, 1.165) is 11.1 Å².